The number of furan rings is 1. The van der Waals surface area contributed by atoms with E-state index in [0.29, 0.717) is 33.6 Å². The van der Waals surface area contributed by atoms with Crippen LogP contribution in [0.4, 0.5) is 0 Å². The number of methoxy groups -OCH3 is 1. The number of aryl methyl sites for hydroxylation is 2. The Morgan fingerprint density at radius 2 is 1.77 bits per heavy atom. The van der Waals surface area contributed by atoms with E-state index in [1.165, 1.54) is 26.2 Å². The lowest BCUT2D eigenvalue weighted by atomic mass is 10.0. The van der Waals surface area contributed by atoms with Gasteiger partial charge in [0.2, 0.25) is 0 Å². The van der Waals surface area contributed by atoms with Gasteiger partial charge in [0.05, 0.1) is 23.3 Å². The van der Waals surface area contributed by atoms with Crippen LogP contribution in [0.15, 0.2) is 45.7 Å². The van der Waals surface area contributed by atoms with Crippen LogP contribution in [0.5, 0.6) is 5.75 Å². The van der Waals surface area contributed by atoms with Crippen molar-refractivity contribution in [1.29, 1.82) is 0 Å². The van der Waals surface area contributed by atoms with Gasteiger partial charge in [-0.25, -0.2) is 8.42 Å². The molecule has 0 fully saturated rings. The van der Waals surface area contributed by atoms with Crippen molar-refractivity contribution in [3.63, 3.8) is 0 Å². The molecular formula is C20H20O5S. The number of fused-ring (bicyclic) bond motifs is 1. The number of carbonyl (C=O) groups is 1. The summed E-state index contributed by atoms with van der Waals surface area (Å²) in [6.45, 7) is 5.05. The number of sulfone groups is 1. The fourth-order valence-corrected chi connectivity index (χ4v) is 4.51. The maximum atomic E-state index is 12.8. The fraction of sp³-hybridized carbons (Fsp3) is 0.250. The maximum Gasteiger partial charge on any atom is 0.182 e. The number of Topliss-reactive ketones (excluding diaryl/α,β-unsaturated/α-hetero) is 1. The Balaban J connectivity index is 2.05. The lowest BCUT2D eigenvalue weighted by molar-refractivity contribution is 0.101. The molecule has 2 aromatic carbocycles. The van der Waals surface area contributed by atoms with E-state index in [-0.39, 0.29) is 16.4 Å². The third-order valence-electron chi connectivity index (χ3n) is 4.44. The molecule has 0 unspecified atom stereocenters. The van der Waals surface area contributed by atoms with E-state index in [0.717, 1.165) is 5.56 Å². The lowest BCUT2D eigenvalue weighted by Crippen LogP contribution is -2.06. The smallest absolute Gasteiger partial charge is 0.182 e. The van der Waals surface area contributed by atoms with Crippen molar-refractivity contribution in [2.75, 3.05) is 7.11 Å². The molecule has 3 aromatic rings. The zero-order valence-electron chi connectivity index (χ0n) is 15.1. The number of ketones is 1. The Morgan fingerprint density at radius 1 is 1.12 bits per heavy atom. The standard InChI is InChI=1S/C20H20O5S/c1-12-9-19-18(20(13(2)21)14(3)25-19)10-15(12)11-26(22,23)17-7-5-16(24-4)6-8-17/h5-10H,11H2,1-4H3. The lowest BCUT2D eigenvalue weighted by Gasteiger charge is -2.09. The van der Waals surface area contributed by atoms with Crippen molar-refractivity contribution in [2.45, 2.75) is 31.4 Å². The van der Waals surface area contributed by atoms with Gasteiger partial charge in [-0.2, -0.15) is 0 Å². The average molecular weight is 372 g/mol. The summed E-state index contributed by atoms with van der Waals surface area (Å²) < 4.78 is 36.3. The Bertz CT molecular complexity index is 1090. The highest BCUT2D eigenvalue weighted by molar-refractivity contribution is 7.90. The van der Waals surface area contributed by atoms with Crippen molar-refractivity contribution < 1.29 is 22.4 Å². The summed E-state index contributed by atoms with van der Waals surface area (Å²) in [6, 6.07) is 9.84. The van der Waals surface area contributed by atoms with Crippen LogP contribution in [0, 0.1) is 13.8 Å². The van der Waals surface area contributed by atoms with Gasteiger partial charge in [-0.1, -0.05) is 0 Å². The number of rotatable bonds is 5. The van der Waals surface area contributed by atoms with Gasteiger partial charge in [0.15, 0.2) is 15.6 Å². The number of carbonyl (C=O) groups excluding carboxylic acids is 1. The molecule has 136 valence electrons. The molecule has 5 nitrogen and oxygen atoms in total. The van der Waals surface area contributed by atoms with Gasteiger partial charge in [-0.05, 0) is 68.3 Å². The molecule has 0 radical (unpaired) electrons. The van der Waals surface area contributed by atoms with Crippen molar-refractivity contribution in [3.05, 3.63) is 58.8 Å². The first-order chi connectivity index (χ1) is 12.2. The molecule has 26 heavy (non-hydrogen) atoms. The molecule has 0 amide bonds. The van der Waals surface area contributed by atoms with Crippen molar-refractivity contribution in [3.8, 4) is 5.75 Å². The Morgan fingerprint density at radius 3 is 2.35 bits per heavy atom. The summed E-state index contributed by atoms with van der Waals surface area (Å²) in [5, 5.41) is 0.653. The van der Waals surface area contributed by atoms with E-state index in [2.05, 4.69) is 0 Å². The van der Waals surface area contributed by atoms with Gasteiger partial charge in [-0.15, -0.1) is 0 Å². The number of hydrogen-bond donors (Lipinski definition) is 0. The minimum Gasteiger partial charge on any atom is -0.497 e. The zero-order chi connectivity index (χ0) is 19.1. The highest BCUT2D eigenvalue weighted by Gasteiger charge is 2.20. The summed E-state index contributed by atoms with van der Waals surface area (Å²) in [7, 11) is -2.00. The molecule has 0 aliphatic rings. The molecule has 6 heteroatoms. The van der Waals surface area contributed by atoms with Gasteiger partial charge >= 0.3 is 0 Å². The molecule has 0 aliphatic heterocycles. The largest absolute Gasteiger partial charge is 0.497 e. The molecule has 1 heterocycles. The maximum absolute atomic E-state index is 12.8. The van der Waals surface area contributed by atoms with Gasteiger partial charge < -0.3 is 9.15 Å². The normalized spacial score (nSPS) is 11.7. The molecule has 0 atom stereocenters. The van der Waals surface area contributed by atoms with Crippen molar-refractivity contribution in [2.24, 2.45) is 0 Å². The minimum atomic E-state index is -3.53. The van der Waals surface area contributed by atoms with E-state index in [4.69, 9.17) is 9.15 Å². The second kappa shape index (κ2) is 6.61. The second-order valence-electron chi connectivity index (χ2n) is 6.30. The summed E-state index contributed by atoms with van der Waals surface area (Å²) in [5.74, 6) is 0.889. The van der Waals surface area contributed by atoms with Crippen LogP contribution in [0.2, 0.25) is 0 Å². The first kappa shape index (κ1) is 18.2. The highest BCUT2D eigenvalue weighted by Crippen LogP contribution is 2.30. The van der Waals surface area contributed by atoms with Gasteiger partial charge in [0.1, 0.15) is 17.1 Å². The van der Waals surface area contributed by atoms with E-state index >= 15 is 0 Å². The van der Waals surface area contributed by atoms with Gasteiger partial charge in [0, 0.05) is 5.39 Å². The predicted molar refractivity (Wildman–Crippen MR) is 99.6 cm³/mol. The van der Waals surface area contributed by atoms with Crippen LogP contribution in [-0.4, -0.2) is 21.3 Å². The number of ether oxygens (including phenoxy) is 1. The van der Waals surface area contributed by atoms with Crippen molar-refractivity contribution in [1.82, 2.24) is 0 Å². The van der Waals surface area contributed by atoms with E-state index in [1.807, 2.05) is 6.92 Å². The van der Waals surface area contributed by atoms with E-state index < -0.39 is 9.84 Å². The number of benzene rings is 2. The van der Waals surface area contributed by atoms with E-state index in [1.54, 1.807) is 31.2 Å². The van der Waals surface area contributed by atoms with Crippen LogP contribution in [0.1, 0.15) is 34.2 Å². The SMILES string of the molecule is COc1ccc(S(=O)(=O)Cc2cc3c(C(C)=O)c(C)oc3cc2C)cc1. The summed E-state index contributed by atoms with van der Waals surface area (Å²) >= 11 is 0. The van der Waals surface area contributed by atoms with Crippen molar-refractivity contribution >= 4 is 26.6 Å². The van der Waals surface area contributed by atoms with Crippen LogP contribution < -0.4 is 4.74 Å². The molecule has 0 N–H and O–H groups in total. The molecule has 0 bridgehead atoms. The van der Waals surface area contributed by atoms with Gasteiger partial charge in [0.25, 0.3) is 0 Å². The average Bonchev–Trinajstić information content (AvgIpc) is 2.89. The predicted octanol–water partition coefficient (Wildman–Crippen LogP) is 4.23. The second-order valence-corrected chi connectivity index (χ2v) is 8.29. The summed E-state index contributed by atoms with van der Waals surface area (Å²) in [5.41, 5.74) is 2.55. The topological polar surface area (TPSA) is 73.6 Å². The Hall–Kier alpha value is -2.60. The molecule has 0 saturated heterocycles. The van der Waals surface area contributed by atoms with Crippen LogP contribution in [0.25, 0.3) is 11.0 Å². The third kappa shape index (κ3) is 3.24. The Labute approximate surface area is 152 Å². The first-order valence-corrected chi connectivity index (χ1v) is 9.78. The molecular weight excluding hydrogens is 352 g/mol. The fourth-order valence-electron chi connectivity index (χ4n) is 3.08. The van der Waals surface area contributed by atoms with Crippen LogP contribution in [-0.2, 0) is 15.6 Å². The minimum absolute atomic E-state index is 0.103. The third-order valence-corrected chi connectivity index (χ3v) is 6.12. The first-order valence-electron chi connectivity index (χ1n) is 8.13. The molecule has 0 aliphatic carbocycles. The van der Waals surface area contributed by atoms with Crippen LogP contribution >= 0.6 is 0 Å². The quantitative estimate of drug-likeness (QED) is 0.627. The molecule has 0 saturated carbocycles. The summed E-state index contributed by atoms with van der Waals surface area (Å²) in [6.07, 6.45) is 0. The molecule has 3 rings (SSSR count). The molecule has 1 aromatic heterocycles. The number of hydrogen-bond acceptors (Lipinski definition) is 5. The highest BCUT2D eigenvalue weighted by atomic mass is 32.2. The monoisotopic (exact) mass is 372 g/mol. The zero-order valence-corrected chi connectivity index (χ0v) is 15.9. The van der Waals surface area contributed by atoms with Crippen LogP contribution in [0.3, 0.4) is 0 Å². The molecule has 0 spiro atoms. The van der Waals surface area contributed by atoms with Gasteiger partial charge in [-0.3, -0.25) is 4.79 Å². The summed E-state index contributed by atoms with van der Waals surface area (Å²) in [4.78, 5) is 12.1. The van der Waals surface area contributed by atoms with E-state index in [9.17, 15) is 13.2 Å². The Kier molecular flexibility index (Phi) is 4.63.